The van der Waals surface area contributed by atoms with Crippen LogP contribution in [0.15, 0.2) is 0 Å². The van der Waals surface area contributed by atoms with Gasteiger partial charge in [-0.25, -0.2) is 13.6 Å². The summed E-state index contributed by atoms with van der Waals surface area (Å²) < 4.78 is 31.2. The highest BCUT2D eigenvalue weighted by atomic mass is 19.3. The third-order valence-corrected chi connectivity index (χ3v) is 2.95. The Morgan fingerprint density at radius 2 is 2.10 bits per heavy atom. The minimum atomic E-state index is -3.13. The second-order valence-corrected chi connectivity index (χ2v) is 6.16. The van der Waals surface area contributed by atoms with Gasteiger partial charge >= 0.3 is 6.09 Å². The van der Waals surface area contributed by atoms with E-state index in [2.05, 4.69) is 5.32 Å². The van der Waals surface area contributed by atoms with Gasteiger partial charge in [0.15, 0.2) is 0 Å². The molecule has 1 unspecified atom stereocenters. The molecule has 1 saturated heterocycles. The first-order valence-corrected chi connectivity index (χ1v) is 6.83. The summed E-state index contributed by atoms with van der Waals surface area (Å²) in [7, 11) is 0. The number of aliphatic hydroxyl groups excluding tert-OH is 1. The molecule has 2 N–H and O–H groups in total. The Balaban J connectivity index is 2.44. The molecule has 1 aliphatic rings. The number of amides is 1. The molecule has 0 aromatic carbocycles. The highest BCUT2D eigenvalue weighted by Gasteiger charge is 2.31. The van der Waals surface area contributed by atoms with Gasteiger partial charge in [-0.15, -0.1) is 0 Å². The fraction of sp³-hybridized carbons (Fsp3) is 0.923. The maximum Gasteiger partial charge on any atom is 0.410 e. The van der Waals surface area contributed by atoms with E-state index in [1.807, 2.05) is 0 Å². The minimum absolute atomic E-state index is 0.200. The van der Waals surface area contributed by atoms with Gasteiger partial charge in [0, 0.05) is 19.1 Å². The van der Waals surface area contributed by atoms with Gasteiger partial charge in [-0.05, 0) is 33.6 Å². The lowest BCUT2D eigenvalue weighted by Crippen LogP contribution is -2.51. The second-order valence-electron chi connectivity index (χ2n) is 6.16. The van der Waals surface area contributed by atoms with Gasteiger partial charge in [0.25, 0.3) is 5.92 Å². The van der Waals surface area contributed by atoms with E-state index in [1.165, 1.54) is 4.90 Å². The van der Waals surface area contributed by atoms with Gasteiger partial charge in [-0.3, -0.25) is 0 Å². The molecule has 0 aliphatic carbocycles. The monoisotopic (exact) mass is 294 g/mol. The molecule has 0 aromatic heterocycles. The van der Waals surface area contributed by atoms with Crippen LogP contribution in [0.5, 0.6) is 0 Å². The Morgan fingerprint density at radius 3 is 2.65 bits per heavy atom. The van der Waals surface area contributed by atoms with Gasteiger partial charge in [-0.2, -0.15) is 0 Å². The quantitative estimate of drug-likeness (QED) is 0.827. The lowest BCUT2D eigenvalue weighted by Gasteiger charge is -2.35. The molecule has 1 atom stereocenters. The first-order chi connectivity index (χ1) is 9.13. The van der Waals surface area contributed by atoms with Crippen molar-refractivity contribution in [2.24, 2.45) is 0 Å². The molecule has 0 spiro atoms. The molecule has 1 fully saturated rings. The van der Waals surface area contributed by atoms with E-state index in [0.29, 0.717) is 13.1 Å². The molecule has 1 heterocycles. The number of piperidine rings is 1. The van der Waals surface area contributed by atoms with E-state index in [0.717, 1.165) is 12.8 Å². The van der Waals surface area contributed by atoms with E-state index in [-0.39, 0.29) is 6.04 Å². The number of nitrogens with one attached hydrogen (secondary N) is 1. The molecular formula is C13H24F2N2O3. The van der Waals surface area contributed by atoms with Crippen LogP contribution in [0.4, 0.5) is 13.6 Å². The van der Waals surface area contributed by atoms with Crippen molar-refractivity contribution in [2.75, 3.05) is 26.2 Å². The molecule has 1 rings (SSSR count). The molecular weight excluding hydrogens is 270 g/mol. The normalized spacial score (nSPS) is 20.9. The zero-order valence-electron chi connectivity index (χ0n) is 12.3. The molecule has 0 saturated carbocycles. The summed E-state index contributed by atoms with van der Waals surface area (Å²) in [4.78, 5) is 13.4. The zero-order chi connectivity index (χ0) is 15.4. The van der Waals surface area contributed by atoms with Crippen LogP contribution in [0.2, 0.25) is 0 Å². The summed E-state index contributed by atoms with van der Waals surface area (Å²) in [5.74, 6) is -3.13. The van der Waals surface area contributed by atoms with Crippen molar-refractivity contribution in [3.05, 3.63) is 0 Å². The first-order valence-electron chi connectivity index (χ1n) is 6.83. The van der Waals surface area contributed by atoms with E-state index in [4.69, 9.17) is 9.84 Å². The van der Waals surface area contributed by atoms with Gasteiger partial charge in [0.2, 0.25) is 0 Å². The number of hydrogen-bond donors (Lipinski definition) is 2. The molecule has 118 valence electrons. The van der Waals surface area contributed by atoms with Gasteiger partial charge in [0.1, 0.15) is 12.2 Å². The SMILES string of the molecule is CC(C)(C)OC(=O)N1CCCC(NCC(F)(F)CO)C1. The number of nitrogens with zero attached hydrogens (tertiary/aromatic N) is 1. The third kappa shape index (κ3) is 6.00. The van der Waals surface area contributed by atoms with Crippen molar-refractivity contribution in [3.63, 3.8) is 0 Å². The summed E-state index contributed by atoms with van der Waals surface area (Å²) in [5, 5.41) is 11.2. The summed E-state index contributed by atoms with van der Waals surface area (Å²) in [6.07, 6.45) is 1.04. The summed E-state index contributed by atoms with van der Waals surface area (Å²) in [6.45, 7) is 4.50. The standard InChI is InChI=1S/C13H24F2N2O3/c1-12(2,3)20-11(19)17-6-4-5-10(7-17)16-8-13(14,15)9-18/h10,16,18H,4-9H2,1-3H3. The minimum Gasteiger partial charge on any atom is -0.444 e. The third-order valence-electron chi connectivity index (χ3n) is 2.95. The van der Waals surface area contributed by atoms with Gasteiger partial charge in [-0.1, -0.05) is 0 Å². The predicted octanol–water partition coefficient (Wildman–Crippen LogP) is 1.60. The number of rotatable bonds is 4. The van der Waals surface area contributed by atoms with Gasteiger partial charge in [0.05, 0.1) is 6.54 Å². The Labute approximate surface area is 118 Å². The van der Waals surface area contributed by atoms with Crippen LogP contribution >= 0.6 is 0 Å². The van der Waals surface area contributed by atoms with Crippen molar-refractivity contribution in [2.45, 2.75) is 51.2 Å². The first kappa shape index (κ1) is 17.1. The van der Waals surface area contributed by atoms with Crippen LogP contribution in [-0.4, -0.2) is 59.9 Å². The van der Waals surface area contributed by atoms with E-state index in [9.17, 15) is 13.6 Å². The topological polar surface area (TPSA) is 61.8 Å². The summed E-state index contributed by atoms with van der Waals surface area (Å²) >= 11 is 0. The zero-order valence-corrected chi connectivity index (χ0v) is 12.3. The van der Waals surface area contributed by atoms with E-state index < -0.39 is 30.8 Å². The molecule has 0 bridgehead atoms. The number of alkyl halides is 2. The molecule has 0 radical (unpaired) electrons. The fourth-order valence-electron chi connectivity index (χ4n) is 1.99. The lowest BCUT2D eigenvalue weighted by atomic mass is 10.1. The van der Waals surface area contributed by atoms with Crippen LogP contribution in [0, 0.1) is 0 Å². The molecule has 1 aliphatic heterocycles. The van der Waals surface area contributed by atoms with Crippen LogP contribution < -0.4 is 5.32 Å². The Bertz CT molecular complexity index is 332. The largest absolute Gasteiger partial charge is 0.444 e. The van der Waals surface area contributed by atoms with Crippen LogP contribution in [-0.2, 0) is 4.74 Å². The van der Waals surface area contributed by atoms with E-state index in [1.54, 1.807) is 20.8 Å². The van der Waals surface area contributed by atoms with Crippen molar-refractivity contribution in [1.29, 1.82) is 0 Å². The van der Waals surface area contributed by atoms with Crippen molar-refractivity contribution in [3.8, 4) is 0 Å². The smallest absolute Gasteiger partial charge is 0.410 e. The number of carbonyl (C=O) groups is 1. The molecule has 0 aromatic rings. The summed E-state index contributed by atoms with van der Waals surface area (Å²) in [5.41, 5.74) is -0.568. The molecule has 1 amide bonds. The number of halogens is 2. The number of hydrogen-bond acceptors (Lipinski definition) is 4. The Hall–Kier alpha value is -0.950. The molecule has 7 heteroatoms. The number of aliphatic hydroxyl groups is 1. The highest BCUT2D eigenvalue weighted by Crippen LogP contribution is 2.17. The van der Waals surface area contributed by atoms with Crippen LogP contribution in [0.25, 0.3) is 0 Å². The molecule has 5 nitrogen and oxygen atoms in total. The van der Waals surface area contributed by atoms with Crippen molar-refractivity contribution >= 4 is 6.09 Å². The Kier molecular flexibility index (Phi) is 5.70. The van der Waals surface area contributed by atoms with Crippen molar-refractivity contribution < 1.29 is 23.4 Å². The summed E-state index contributed by atoms with van der Waals surface area (Å²) in [6, 6.07) is -0.200. The number of likely N-dealkylation sites (tertiary alicyclic amines) is 1. The predicted molar refractivity (Wildman–Crippen MR) is 70.9 cm³/mol. The number of carbonyl (C=O) groups excluding carboxylic acids is 1. The Morgan fingerprint density at radius 1 is 1.45 bits per heavy atom. The maximum atomic E-state index is 13.0. The lowest BCUT2D eigenvalue weighted by molar-refractivity contribution is -0.0508. The maximum absolute atomic E-state index is 13.0. The fourth-order valence-corrected chi connectivity index (χ4v) is 1.99. The van der Waals surface area contributed by atoms with Crippen LogP contribution in [0.3, 0.4) is 0 Å². The van der Waals surface area contributed by atoms with E-state index >= 15 is 0 Å². The average Bonchev–Trinajstić information content (AvgIpc) is 2.35. The average molecular weight is 294 g/mol. The van der Waals surface area contributed by atoms with Gasteiger partial charge < -0.3 is 20.1 Å². The highest BCUT2D eigenvalue weighted by molar-refractivity contribution is 5.68. The second kappa shape index (κ2) is 6.67. The van der Waals surface area contributed by atoms with Crippen molar-refractivity contribution in [1.82, 2.24) is 10.2 Å². The molecule has 20 heavy (non-hydrogen) atoms. The number of ether oxygens (including phenoxy) is 1. The van der Waals surface area contributed by atoms with Crippen LogP contribution in [0.1, 0.15) is 33.6 Å².